The Hall–Kier alpha value is -3.30. The predicted octanol–water partition coefficient (Wildman–Crippen LogP) is 5.29. The van der Waals surface area contributed by atoms with Crippen molar-refractivity contribution in [1.82, 2.24) is 9.21 Å². The molecule has 0 aliphatic carbocycles. The Balaban J connectivity index is 1.75. The number of ether oxygens (including phenoxy) is 1. The van der Waals surface area contributed by atoms with Gasteiger partial charge in [0.15, 0.2) is 11.6 Å². The number of halogens is 2. The van der Waals surface area contributed by atoms with Gasteiger partial charge in [-0.1, -0.05) is 55.3 Å². The maximum Gasteiger partial charge on any atom is 0.257 e. The second kappa shape index (κ2) is 12.5. The number of amides is 1. The third kappa shape index (κ3) is 6.57. The Kier molecular flexibility index (Phi) is 9.12. The zero-order valence-corrected chi connectivity index (χ0v) is 22.2. The Labute approximate surface area is 222 Å². The van der Waals surface area contributed by atoms with Crippen LogP contribution in [0.25, 0.3) is 0 Å². The number of para-hydroxylation sites is 1. The minimum absolute atomic E-state index is 0.0359. The maximum absolute atomic E-state index is 14.1. The van der Waals surface area contributed by atoms with Crippen LogP contribution in [0, 0.1) is 11.6 Å². The van der Waals surface area contributed by atoms with Crippen LogP contribution in [0.5, 0.6) is 5.75 Å². The summed E-state index contributed by atoms with van der Waals surface area (Å²) in [5.41, 5.74) is 1.30. The van der Waals surface area contributed by atoms with Gasteiger partial charge < -0.3 is 9.64 Å². The van der Waals surface area contributed by atoms with Crippen molar-refractivity contribution >= 4 is 15.9 Å². The van der Waals surface area contributed by atoms with Gasteiger partial charge in [0.1, 0.15) is 12.4 Å². The fraction of sp³-hybridized carbons (Fsp3) is 0.345. The predicted molar refractivity (Wildman–Crippen MR) is 142 cm³/mol. The van der Waals surface area contributed by atoms with Crippen LogP contribution in [0.1, 0.15) is 41.6 Å². The van der Waals surface area contributed by atoms with E-state index in [9.17, 15) is 22.0 Å². The average Bonchev–Trinajstić information content (AvgIpc) is 2.92. The summed E-state index contributed by atoms with van der Waals surface area (Å²) in [7, 11) is -2.44. The van der Waals surface area contributed by atoms with E-state index in [4.69, 9.17) is 4.74 Å². The van der Waals surface area contributed by atoms with Gasteiger partial charge >= 0.3 is 0 Å². The van der Waals surface area contributed by atoms with E-state index in [2.05, 4.69) is 0 Å². The van der Waals surface area contributed by atoms with Crippen LogP contribution < -0.4 is 4.74 Å². The molecule has 202 valence electrons. The summed E-state index contributed by atoms with van der Waals surface area (Å²) in [4.78, 5) is 14.5. The first-order valence-corrected chi connectivity index (χ1v) is 14.2. The van der Waals surface area contributed by atoms with Gasteiger partial charge in [-0.2, -0.15) is 4.31 Å². The molecule has 3 aromatic rings. The first-order chi connectivity index (χ1) is 18.3. The van der Waals surface area contributed by atoms with Crippen LogP contribution in [0.4, 0.5) is 8.78 Å². The number of fused-ring (bicyclic) bond motifs is 1. The first kappa shape index (κ1) is 27.7. The molecule has 0 saturated heterocycles. The molecule has 38 heavy (non-hydrogen) atoms. The van der Waals surface area contributed by atoms with Crippen molar-refractivity contribution in [2.45, 2.75) is 43.0 Å². The molecule has 0 radical (unpaired) electrons. The lowest BCUT2D eigenvalue weighted by molar-refractivity contribution is 0.0785. The van der Waals surface area contributed by atoms with Gasteiger partial charge in [-0.3, -0.25) is 4.79 Å². The highest BCUT2D eigenvalue weighted by molar-refractivity contribution is 7.89. The number of nitrogens with zero attached hydrogens (tertiary/aromatic N) is 2. The molecule has 3 aromatic carbocycles. The third-order valence-corrected chi connectivity index (χ3v) is 8.68. The van der Waals surface area contributed by atoms with Gasteiger partial charge in [0.05, 0.1) is 16.5 Å². The SMILES string of the molecule is CN1CCCCCCN(S(=O)(=O)c2ccc(F)c(F)c2)[C@H](Cc2ccccc2)COc2ccccc2C1=O. The molecule has 0 unspecified atom stereocenters. The minimum Gasteiger partial charge on any atom is -0.491 e. The van der Waals surface area contributed by atoms with Crippen molar-refractivity contribution in [2.75, 3.05) is 26.7 Å². The monoisotopic (exact) mass is 542 g/mol. The molecule has 1 aliphatic heterocycles. The van der Waals surface area contributed by atoms with Gasteiger partial charge in [-0.25, -0.2) is 17.2 Å². The van der Waals surface area contributed by atoms with Crippen LogP contribution in [0.15, 0.2) is 77.7 Å². The summed E-state index contributed by atoms with van der Waals surface area (Å²) in [6.45, 7) is 0.727. The molecule has 0 N–H and O–H groups in total. The molecule has 1 atom stereocenters. The average molecular weight is 543 g/mol. The second-order valence-electron chi connectivity index (χ2n) is 9.48. The van der Waals surface area contributed by atoms with Gasteiger partial charge in [0, 0.05) is 20.1 Å². The standard InChI is InChI=1S/C29H32F2N2O4S/c1-32-17-9-2-3-10-18-33(38(35,36)24-15-16-26(30)27(31)20-24)23(19-22-11-5-4-6-12-22)21-37-28-14-8-7-13-25(28)29(32)34/h4-8,11-16,20,23H,2-3,9-10,17-19,21H2,1H3/t23-/m1/s1. The smallest absolute Gasteiger partial charge is 0.257 e. The molecule has 6 nitrogen and oxygen atoms in total. The third-order valence-electron chi connectivity index (χ3n) is 6.74. The number of hydrogen-bond acceptors (Lipinski definition) is 4. The lowest BCUT2D eigenvalue weighted by Crippen LogP contribution is -2.45. The molecule has 9 heteroatoms. The largest absolute Gasteiger partial charge is 0.491 e. The fourth-order valence-corrected chi connectivity index (χ4v) is 6.29. The van der Waals surface area contributed by atoms with Crippen molar-refractivity contribution in [3.63, 3.8) is 0 Å². The quantitative estimate of drug-likeness (QED) is 0.449. The van der Waals surface area contributed by atoms with E-state index in [1.54, 1.807) is 36.2 Å². The molecule has 1 aliphatic rings. The number of benzene rings is 3. The van der Waals surface area contributed by atoms with Crippen molar-refractivity contribution < 1.29 is 26.7 Å². The summed E-state index contributed by atoms with van der Waals surface area (Å²) >= 11 is 0. The van der Waals surface area contributed by atoms with E-state index >= 15 is 0 Å². The van der Waals surface area contributed by atoms with E-state index < -0.39 is 27.7 Å². The van der Waals surface area contributed by atoms with Crippen molar-refractivity contribution in [2.24, 2.45) is 0 Å². The molecule has 1 heterocycles. The summed E-state index contributed by atoms with van der Waals surface area (Å²) in [6, 6.07) is 18.3. The summed E-state index contributed by atoms with van der Waals surface area (Å²) in [5, 5.41) is 0. The molecule has 4 rings (SSSR count). The van der Waals surface area contributed by atoms with Crippen molar-refractivity contribution in [3.05, 3.63) is 95.6 Å². The van der Waals surface area contributed by atoms with Crippen molar-refractivity contribution in [3.8, 4) is 5.75 Å². The number of sulfonamides is 1. The molecule has 0 fully saturated rings. The lowest BCUT2D eigenvalue weighted by atomic mass is 10.1. The summed E-state index contributed by atoms with van der Waals surface area (Å²) in [6.07, 6.45) is 3.25. The topological polar surface area (TPSA) is 66.9 Å². The van der Waals surface area contributed by atoms with Crippen LogP contribution in [0.3, 0.4) is 0 Å². The zero-order chi connectivity index (χ0) is 27.1. The minimum atomic E-state index is -4.20. The molecular formula is C29H32F2N2O4S. The van der Waals surface area contributed by atoms with Gasteiger partial charge in [0.2, 0.25) is 10.0 Å². The van der Waals surface area contributed by atoms with E-state index in [1.807, 2.05) is 30.3 Å². The zero-order valence-electron chi connectivity index (χ0n) is 21.4. The molecule has 0 saturated carbocycles. The van der Waals surface area contributed by atoms with E-state index in [1.165, 1.54) is 4.31 Å². The molecule has 0 spiro atoms. The normalized spacial score (nSPS) is 18.3. The second-order valence-corrected chi connectivity index (χ2v) is 11.4. The highest BCUT2D eigenvalue weighted by Gasteiger charge is 2.33. The van der Waals surface area contributed by atoms with Crippen LogP contribution in [0.2, 0.25) is 0 Å². The highest BCUT2D eigenvalue weighted by Crippen LogP contribution is 2.26. The Morgan fingerprint density at radius 1 is 0.868 bits per heavy atom. The molecule has 1 amide bonds. The Morgan fingerprint density at radius 2 is 1.55 bits per heavy atom. The Morgan fingerprint density at radius 3 is 2.29 bits per heavy atom. The fourth-order valence-electron chi connectivity index (χ4n) is 4.63. The molecule has 0 bridgehead atoms. The van der Waals surface area contributed by atoms with Crippen molar-refractivity contribution in [1.29, 1.82) is 0 Å². The lowest BCUT2D eigenvalue weighted by Gasteiger charge is -2.32. The van der Waals surface area contributed by atoms with E-state index in [0.717, 1.165) is 43.0 Å². The molecule has 0 aromatic heterocycles. The van der Waals surface area contributed by atoms with Crippen LogP contribution >= 0.6 is 0 Å². The van der Waals surface area contributed by atoms with Crippen LogP contribution in [-0.4, -0.2) is 56.3 Å². The summed E-state index contributed by atoms with van der Waals surface area (Å²) in [5.74, 6) is -2.13. The maximum atomic E-state index is 14.1. The number of carbonyl (C=O) groups excluding carboxylic acids is 1. The van der Waals surface area contributed by atoms with Gasteiger partial charge in [0.25, 0.3) is 5.91 Å². The first-order valence-electron chi connectivity index (χ1n) is 12.8. The van der Waals surface area contributed by atoms with Gasteiger partial charge in [-0.15, -0.1) is 0 Å². The van der Waals surface area contributed by atoms with Gasteiger partial charge in [-0.05, 0) is 55.2 Å². The number of carbonyl (C=O) groups is 1. The number of hydrogen-bond donors (Lipinski definition) is 0. The number of rotatable bonds is 4. The van der Waals surface area contributed by atoms with E-state index in [0.29, 0.717) is 30.7 Å². The summed E-state index contributed by atoms with van der Waals surface area (Å²) < 4.78 is 62.9. The van der Waals surface area contributed by atoms with Crippen LogP contribution in [-0.2, 0) is 16.4 Å². The Bertz CT molecular complexity index is 1350. The molecular weight excluding hydrogens is 510 g/mol. The van der Waals surface area contributed by atoms with E-state index in [-0.39, 0.29) is 24.0 Å². The highest BCUT2D eigenvalue weighted by atomic mass is 32.2.